The molecule has 1 aliphatic carbocycles. The summed E-state index contributed by atoms with van der Waals surface area (Å²) in [5.41, 5.74) is 1.57. The number of hydrogen-bond acceptors (Lipinski definition) is 6. The lowest BCUT2D eigenvalue weighted by Gasteiger charge is -2.37. The zero-order chi connectivity index (χ0) is 24.8. The van der Waals surface area contributed by atoms with Crippen LogP contribution in [0.5, 0.6) is 5.75 Å². The van der Waals surface area contributed by atoms with Gasteiger partial charge in [0.1, 0.15) is 27.6 Å². The monoisotopic (exact) mass is 505 g/mol. The van der Waals surface area contributed by atoms with Gasteiger partial charge in [-0.1, -0.05) is 18.2 Å². The van der Waals surface area contributed by atoms with E-state index in [1.54, 1.807) is 6.20 Å². The molecule has 1 fully saturated rings. The van der Waals surface area contributed by atoms with E-state index >= 15 is 0 Å². The second kappa shape index (κ2) is 8.77. The van der Waals surface area contributed by atoms with Crippen LogP contribution >= 0.6 is 0 Å². The predicted octanol–water partition coefficient (Wildman–Crippen LogP) is 4.55. The topological polar surface area (TPSA) is 113 Å². The number of halogens is 3. The standard InChI is InChI=1S/C23H22F3N5O3S/c24-23(25,26)34-14-8-10-15(11-9-14)35(27,33)30-18-5-3-7-20(21(18)32)31-19-6-2-1-4-16(19)17-12-28-13-29-22(17)31/h1-2,4,6,8-13,18,20-21,32H,3,5,7H2,(H2,27,30,33). The van der Waals surface area contributed by atoms with Crippen molar-refractivity contribution in [3.63, 3.8) is 0 Å². The number of benzene rings is 2. The second-order valence-corrected chi connectivity index (χ2v) is 10.3. The first-order valence-electron chi connectivity index (χ1n) is 10.9. The molecular formula is C23H22F3N5O3S. The summed E-state index contributed by atoms with van der Waals surface area (Å²) in [5.74, 6) is -0.470. The number of nitrogens with one attached hydrogen (secondary N) is 2. The summed E-state index contributed by atoms with van der Waals surface area (Å²) in [6.07, 6.45) is -0.820. The van der Waals surface area contributed by atoms with Crippen LogP contribution in [0.4, 0.5) is 13.2 Å². The molecule has 3 N–H and O–H groups in total. The van der Waals surface area contributed by atoms with Crippen molar-refractivity contribution >= 4 is 31.9 Å². The Morgan fingerprint density at radius 3 is 2.60 bits per heavy atom. The van der Waals surface area contributed by atoms with Crippen LogP contribution in [-0.4, -0.2) is 42.4 Å². The molecule has 35 heavy (non-hydrogen) atoms. The number of alkyl halides is 3. The van der Waals surface area contributed by atoms with E-state index in [1.165, 1.54) is 6.33 Å². The largest absolute Gasteiger partial charge is 0.573 e. The Hall–Kier alpha value is -3.22. The van der Waals surface area contributed by atoms with Crippen LogP contribution in [0.15, 0.2) is 66.0 Å². The van der Waals surface area contributed by atoms with Crippen LogP contribution in [0.3, 0.4) is 0 Å². The number of aliphatic hydroxyl groups is 1. The van der Waals surface area contributed by atoms with Crippen LogP contribution in [0.2, 0.25) is 0 Å². The molecule has 0 radical (unpaired) electrons. The van der Waals surface area contributed by atoms with E-state index in [1.807, 2.05) is 28.8 Å². The smallest absolute Gasteiger partial charge is 0.406 e. The number of para-hydroxylation sites is 1. The van der Waals surface area contributed by atoms with Crippen molar-refractivity contribution in [3.05, 3.63) is 61.1 Å². The highest BCUT2D eigenvalue weighted by Crippen LogP contribution is 2.37. The van der Waals surface area contributed by atoms with Crippen LogP contribution in [0.25, 0.3) is 21.9 Å². The molecule has 0 aliphatic heterocycles. The number of aromatic nitrogens is 3. The molecule has 4 unspecified atom stereocenters. The summed E-state index contributed by atoms with van der Waals surface area (Å²) in [6.45, 7) is 0. The third-order valence-electron chi connectivity index (χ3n) is 6.23. The minimum atomic E-state index is -4.85. The maximum atomic E-state index is 13.2. The van der Waals surface area contributed by atoms with Gasteiger partial charge in [0.05, 0.1) is 22.6 Å². The molecule has 8 nitrogen and oxygen atoms in total. The molecule has 4 aromatic rings. The molecule has 1 saturated carbocycles. The lowest BCUT2D eigenvalue weighted by atomic mass is 9.88. The normalized spacial score (nSPS) is 22.8. The van der Waals surface area contributed by atoms with Crippen molar-refractivity contribution in [2.75, 3.05) is 0 Å². The Bertz CT molecular complexity index is 1420. The highest BCUT2D eigenvalue weighted by atomic mass is 32.2. The Kier molecular flexibility index (Phi) is 5.90. The van der Waals surface area contributed by atoms with E-state index in [0.29, 0.717) is 24.9 Å². The third kappa shape index (κ3) is 4.56. The quantitative estimate of drug-likeness (QED) is 0.368. The van der Waals surface area contributed by atoms with Gasteiger partial charge in [0.2, 0.25) is 0 Å². The Morgan fingerprint density at radius 2 is 1.86 bits per heavy atom. The molecule has 0 spiro atoms. The Morgan fingerprint density at radius 1 is 1.11 bits per heavy atom. The van der Waals surface area contributed by atoms with E-state index in [4.69, 9.17) is 4.78 Å². The third-order valence-corrected chi connectivity index (χ3v) is 7.80. The van der Waals surface area contributed by atoms with Gasteiger partial charge < -0.3 is 14.4 Å². The van der Waals surface area contributed by atoms with Gasteiger partial charge in [0.25, 0.3) is 0 Å². The first kappa shape index (κ1) is 23.5. The van der Waals surface area contributed by atoms with Gasteiger partial charge in [0.15, 0.2) is 0 Å². The Balaban J connectivity index is 1.42. The molecule has 2 aromatic carbocycles. The SMILES string of the molecule is N=S(=O)(NC1CCCC(n2c3ccccc3c3cncnc32)C1O)c1ccc(OC(F)(F)F)cc1. The fourth-order valence-electron chi connectivity index (χ4n) is 4.75. The van der Waals surface area contributed by atoms with Crippen molar-refractivity contribution in [2.24, 2.45) is 0 Å². The van der Waals surface area contributed by atoms with Crippen LogP contribution in [0.1, 0.15) is 25.3 Å². The molecule has 1 aliphatic rings. The number of aliphatic hydroxyl groups excluding tert-OH is 1. The number of rotatable bonds is 5. The average molecular weight is 506 g/mol. The van der Waals surface area contributed by atoms with Gasteiger partial charge in [-0.25, -0.2) is 23.7 Å². The van der Waals surface area contributed by atoms with Crippen molar-refractivity contribution in [2.45, 2.75) is 48.7 Å². The number of hydrogen-bond donors (Lipinski definition) is 3. The minimum Gasteiger partial charge on any atom is -0.406 e. The van der Waals surface area contributed by atoms with Gasteiger partial charge >= 0.3 is 6.36 Å². The van der Waals surface area contributed by atoms with Crippen LogP contribution in [-0.2, 0) is 9.92 Å². The maximum Gasteiger partial charge on any atom is 0.573 e. The molecule has 12 heteroatoms. The summed E-state index contributed by atoms with van der Waals surface area (Å²) in [7, 11) is -3.61. The zero-order valence-corrected chi connectivity index (χ0v) is 19.1. The van der Waals surface area contributed by atoms with Crippen molar-refractivity contribution in [3.8, 4) is 5.75 Å². The zero-order valence-electron chi connectivity index (χ0n) is 18.3. The van der Waals surface area contributed by atoms with E-state index in [2.05, 4.69) is 19.4 Å². The summed E-state index contributed by atoms with van der Waals surface area (Å²) in [6, 6.07) is 11.0. The van der Waals surface area contributed by atoms with E-state index < -0.39 is 40.2 Å². The minimum absolute atomic E-state index is 0.00838. The molecule has 0 amide bonds. The summed E-state index contributed by atoms with van der Waals surface area (Å²) in [5, 5.41) is 13.1. The molecule has 5 rings (SSSR count). The fraction of sp³-hybridized carbons (Fsp3) is 0.304. The van der Waals surface area contributed by atoms with Crippen molar-refractivity contribution in [1.82, 2.24) is 19.3 Å². The molecule has 4 atom stereocenters. The first-order chi connectivity index (χ1) is 16.6. The van der Waals surface area contributed by atoms with Crippen molar-refractivity contribution < 1.29 is 27.2 Å². The highest BCUT2D eigenvalue weighted by Gasteiger charge is 2.36. The second-order valence-electron chi connectivity index (χ2n) is 8.44. The summed E-state index contributed by atoms with van der Waals surface area (Å²) in [4.78, 5) is 8.57. The fourth-order valence-corrected chi connectivity index (χ4v) is 6.09. The summed E-state index contributed by atoms with van der Waals surface area (Å²) < 4.78 is 67.3. The number of nitrogens with zero attached hydrogens (tertiary/aromatic N) is 3. The van der Waals surface area contributed by atoms with Crippen molar-refractivity contribution in [1.29, 1.82) is 4.78 Å². The lowest BCUT2D eigenvalue weighted by Crippen LogP contribution is -2.49. The van der Waals surface area contributed by atoms with Gasteiger partial charge in [-0.05, 0) is 49.6 Å². The molecule has 184 valence electrons. The van der Waals surface area contributed by atoms with Crippen LogP contribution < -0.4 is 9.46 Å². The lowest BCUT2D eigenvalue weighted by molar-refractivity contribution is -0.274. The van der Waals surface area contributed by atoms with Gasteiger partial charge in [-0.15, -0.1) is 13.2 Å². The summed E-state index contributed by atoms with van der Waals surface area (Å²) >= 11 is 0. The molecule has 2 heterocycles. The molecule has 0 saturated heterocycles. The van der Waals surface area contributed by atoms with Crippen LogP contribution in [0, 0.1) is 4.78 Å². The molecule has 0 bridgehead atoms. The number of fused-ring (bicyclic) bond motifs is 3. The van der Waals surface area contributed by atoms with Gasteiger partial charge in [-0.2, -0.15) is 0 Å². The van der Waals surface area contributed by atoms with E-state index in [9.17, 15) is 22.5 Å². The van der Waals surface area contributed by atoms with Gasteiger partial charge in [-0.3, -0.25) is 0 Å². The Labute approximate surface area is 198 Å². The van der Waals surface area contributed by atoms with E-state index in [-0.39, 0.29) is 4.90 Å². The average Bonchev–Trinajstić information content (AvgIpc) is 3.14. The number of ether oxygens (including phenoxy) is 1. The highest BCUT2D eigenvalue weighted by molar-refractivity contribution is 7.90. The predicted molar refractivity (Wildman–Crippen MR) is 123 cm³/mol. The molecular weight excluding hydrogens is 483 g/mol. The maximum absolute atomic E-state index is 13.2. The first-order valence-corrected chi connectivity index (χ1v) is 12.5. The van der Waals surface area contributed by atoms with E-state index in [0.717, 1.165) is 40.6 Å². The van der Waals surface area contributed by atoms with Gasteiger partial charge in [0, 0.05) is 23.0 Å². The molecule has 2 aromatic heterocycles.